The number of benzene rings is 1. The lowest BCUT2D eigenvalue weighted by Crippen LogP contribution is -2.76. The molecule has 45 heavy (non-hydrogen) atoms. The van der Waals surface area contributed by atoms with Gasteiger partial charge in [-0.1, -0.05) is 44.2 Å². The first kappa shape index (κ1) is 28.3. The van der Waals surface area contributed by atoms with Crippen molar-refractivity contribution in [2.24, 2.45) is 23.2 Å². The summed E-state index contributed by atoms with van der Waals surface area (Å²) in [5.74, 6) is -0.0241. The number of halogens is 1. The maximum Gasteiger partial charge on any atom is 0.153 e. The van der Waals surface area contributed by atoms with Crippen molar-refractivity contribution >= 4 is 22.5 Å². The second-order valence-electron chi connectivity index (χ2n) is 17.0. The highest BCUT2D eigenvalue weighted by Crippen LogP contribution is 2.78. The minimum absolute atomic E-state index is 0.0254. The first-order chi connectivity index (χ1) is 21.1. The van der Waals surface area contributed by atoms with Crippen molar-refractivity contribution in [3.05, 3.63) is 57.8 Å². The lowest BCUT2D eigenvalue weighted by molar-refractivity contribution is -0.281. The summed E-state index contributed by atoms with van der Waals surface area (Å²) in [5.41, 5.74) is 1.86. The van der Waals surface area contributed by atoms with Gasteiger partial charge in [-0.05, 0) is 82.1 Å². The van der Waals surface area contributed by atoms with Crippen LogP contribution in [0.1, 0.15) is 95.2 Å². The van der Waals surface area contributed by atoms with Gasteiger partial charge in [0.2, 0.25) is 0 Å². The molecular weight excluding hydrogens is 590 g/mol. The third-order valence-electron chi connectivity index (χ3n) is 15.2. The fourth-order valence-corrected chi connectivity index (χ4v) is 13.2. The molecule has 0 radical (unpaired) electrons. The van der Waals surface area contributed by atoms with Crippen molar-refractivity contribution in [1.29, 1.82) is 0 Å². The summed E-state index contributed by atoms with van der Waals surface area (Å²) in [6.07, 6.45) is 1.83. The number of hydrogen-bond acceptors (Lipinski definition) is 6. The van der Waals surface area contributed by atoms with Crippen LogP contribution in [0.4, 0.5) is 0 Å². The Balaban J connectivity index is 1.21. The number of hydrogen-bond donors (Lipinski definition) is 4. The lowest BCUT2D eigenvalue weighted by Gasteiger charge is -2.66. The molecule has 8 aliphatic rings. The Morgan fingerprint density at radius 1 is 1.11 bits per heavy atom. The summed E-state index contributed by atoms with van der Waals surface area (Å²) < 4.78 is 20.4. The van der Waals surface area contributed by atoms with Gasteiger partial charge >= 0.3 is 0 Å². The van der Waals surface area contributed by atoms with E-state index in [0.29, 0.717) is 24.3 Å². The summed E-state index contributed by atoms with van der Waals surface area (Å²) in [4.78, 5) is 3.87. The average Bonchev–Trinajstić information content (AvgIpc) is 3.55. The summed E-state index contributed by atoms with van der Waals surface area (Å²) in [5, 5.41) is 39.1. The second-order valence-corrected chi connectivity index (χ2v) is 17.4. The lowest BCUT2D eigenvalue weighted by atomic mass is 9.40. The average molecular weight is 634 g/mol. The number of ether oxygens (including phenoxy) is 3. The third-order valence-corrected chi connectivity index (χ3v) is 15.5. The predicted molar refractivity (Wildman–Crippen MR) is 169 cm³/mol. The van der Waals surface area contributed by atoms with Crippen LogP contribution in [0, 0.1) is 23.2 Å². The number of aromatic nitrogens is 1. The molecule has 4 heterocycles. The predicted octanol–water partition coefficient (Wildman–Crippen LogP) is 5.66. The molecule has 3 aliphatic heterocycles. The van der Waals surface area contributed by atoms with Crippen molar-refractivity contribution in [1.82, 2.24) is 4.98 Å². The van der Waals surface area contributed by atoms with Gasteiger partial charge in [0.15, 0.2) is 5.60 Å². The summed E-state index contributed by atoms with van der Waals surface area (Å²) in [6, 6.07) is 2.02. The van der Waals surface area contributed by atoms with Gasteiger partial charge in [-0.3, -0.25) is 0 Å². The van der Waals surface area contributed by atoms with Gasteiger partial charge < -0.3 is 34.5 Å². The Kier molecular flexibility index (Phi) is 4.89. The summed E-state index contributed by atoms with van der Waals surface area (Å²) in [6.45, 7) is 19.2. The fourth-order valence-electron chi connectivity index (χ4n) is 12.9. The summed E-state index contributed by atoms with van der Waals surface area (Å²) >= 11 is 7.06. The highest BCUT2D eigenvalue weighted by Gasteiger charge is 2.87. The Labute approximate surface area is 269 Å². The molecule has 240 valence electrons. The van der Waals surface area contributed by atoms with E-state index < -0.39 is 51.5 Å². The van der Waals surface area contributed by atoms with Gasteiger partial charge in [0.05, 0.1) is 17.8 Å². The normalized spacial score (nSPS) is 52.5. The maximum absolute atomic E-state index is 13.2. The van der Waals surface area contributed by atoms with E-state index in [-0.39, 0.29) is 30.0 Å². The number of aromatic amines is 1. The van der Waals surface area contributed by atoms with Crippen LogP contribution in [0.5, 0.6) is 0 Å². The Morgan fingerprint density at radius 2 is 1.87 bits per heavy atom. The van der Waals surface area contributed by atoms with Crippen molar-refractivity contribution in [2.45, 2.75) is 131 Å². The molecule has 3 saturated carbocycles. The molecule has 8 heteroatoms. The van der Waals surface area contributed by atoms with Crippen LogP contribution in [0.25, 0.3) is 10.9 Å². The van der Waals surface area contributed by atoms with Gasteiger partial charge in [-0.15, -0.1) is 0 Å². The SMILES string of the molecule is C=C(C)[C@H]1O[C@H]2CC[C@@]3(C)[C@@](O)(CC[C@H]4[C@@H]5OC(C)(C)[C@H]6C[C@@H]7C(=C)Cc8c(Cl)cc9[nH]c(c5c9c8[C@@]76O)[C@@]43C)[C@]23O[C@@H]3[C@H]1O. The van der Waals surface area contributed by atoms with Crippen molar-refractivity contribution < 1.29 is 29.5 Å². The van der Waals surface area contributed by atoms with Crippen LogP contribution in [0.15, 0.2) is 30.4 Å². The van der Waals surface area contributed by atoms with Crippen LogP contribution in [-0.2, 0) is 31.6 Å². The van der Waals surface area contributed by atoms with Crippen LogP contribution < -0.4 is 0 Å². The number of rotatable bonds is 1. The zero-order chi connectivity index (χ0) is 31.6. The van der Waals surface area contributed by atoms with E-state index in [1.165, 1.54) is 0 Å². The zero-order valence-electron chi connectivity index (χ0n) is 26.8. The first-order valence-corrected chi connectivity index (χ1v) is 17.3. The zero-order valence-corrected chi connectivity index (χ0v) is 27.6. The van der Waals surface area contributed by atoms with E-state index in [4.69, 9.17) is 25.8 Å². The molecule has 10 rings (SSSR count). The van der Waals surface area contributed by atoms with Crippen LogP contribution >= 0.6 is 11.6 Å². The number of nitrogens with one attached hydrogen (secondary N) is 1. The quantitative estimate of drug-likeness (QED) is 0.238. The minimum atomic E-state index is -1.24. The Hall–Kier alpha value is -1.71. The standard InChI is InChI=1S/C37H44ClNO6/c1-15(2)28-27(40)31-37(45-31)23(43-28)9-10-33(6)34(7)18(8-11-35(33,37)41)29-25-24-21(39-30(25)34)14-20(38)17-12-16(3)19-13-22(32(4,5)44-29)36(19,42)26(17)24/h14,18-19,22-23,27-29,31,39-42H,1,3,8-13H2,2,4-7H3/t18-,19+,22+,23-,27-,28+,29-,31+,33+,34+,35-,36+,37-/m0/s1. The van der Waals surface area contributed by atoms with Crippen molar-refractivity contribution in [3.63, 3.8) is 0 Å². The molecule has 2 saturated heterocycles. The molecule has 5 fully saturated rings. The van der Waals surface area contributed by atoms with E-state index >= 15 is 0 Å². The van der Waals surface area contributed by atoms with Gasteiger partial charge in [-0.2, -0.15) is 0 Å². The van der Waals surface area contributed by atoms with Gasteiger partial charge in [0.25, 0.3) is 0 Å². The van der Waals surface area contributed by atoms with E-state index in [9.17, 15) is 15.3 Å². The molecule has 0 unspecified atom stereocenters. The molecule has 5 aliphatic carbocycles. The van der Waals surface area contributed by atoms with Crippen LogP contribution in [0.2, 0.25) is 5.02 Å². The van der Waals surface area contributed by atoms with Crippen molar-refractivity contribution in [3.8, 4) is 0 Å². The van der Waals surface area contributed by atoms with Gasteiger partial charge in [0.1, 0.15) is 29.5 Å². The molecule has 7 nitrogen and oxygen atoms in total. The third kappa shape index (κ3) is 2.64. The monoisotopic (exact) mass is 633 g/mol. The topological polar surface area (TPSA) is 107 Å². The molecule has 2 aromatic rings. The van der Waals surface area contributed by atoms with Crippen LogP contribution in [-0.4, -0.2) is 61.5 Å². The van der Waals surface area contributed by atoms with E-state index in [2.05, 4.69) is 45.8 Å². The Morgan fingerprint density at radius 3 is 2.60 bits per heavy atom. The highest BCUT2D eigenvalue weighted by atomic mass is 35.5. The fraction of sp³-hybridized carbons (Fsp3) is 0.676. The molecule has 1 spiro atoms. The maximum atomic E-state index is 13.2. The number of aliphatic hydroxyl groups excluding tert-OH is 1. The van der Waals surface area contributed by atoms with Crippen LogP contribution in [0.3, 0.4) is 0 Å². The van der Waals surface area contributed by atoms with E-state index in [1.807, 2.05) is 13.0 Å². The molecule has 4 N–H and O–H groups in total. The first-order valence-electron chi connectivity index (χ1n) is 16.9. The van der Waals surface area contributed by atoms with Gasteiger partial charge in [-0.25, -0.2) is 0 Å². The highest BCUT2D eigenvalue weighted by molar-refractivity contribution is 6.32. The Bertz CT molecular complexity index is 1800. The molecule has 0 bridgehead atoms. The largest absolute Gasteiger partial charge is 0.387 e. The van der Waals surface area contributed by atoms with Crippen molar-refractivity contribution in [2.75, 3.05) is 0 Å². The molecule has 0 amide bonds. The molecular formula is C37H44ClNO6. The molecule has 1 aromatic heterocycles. The number of aliphatic hydroxyl groups is 3. The summed E-state index contributed by atoms with van der Waals surface area (Å²) in [7, 11) is 0. The van der Waals surface area contributed by atoms with Gasteiger partial charge in [0, 0.05) is 55.8 Å². The second kappa shape index (κ2) is 7.78. The molecule has 13 atom stereocenters. The number of H-pyrrole nitrogens is 1. The molecule has 1 aromatic carbocycles. The smallest absolute Gasteiger partial charge is 0.153 e. The minimum Gasteiger partial charge on any atom is -0.387 e. The van der Waals surface area contributed by atoms with E-state index in [0.717, 1.165) is 63.7 Å². The van der Waals surface area contributed by atoms with E-state index in [1.54, 1.807) is 0 Å². The number of epoxide rings is 1. The number of fused-ring (bicyclic) bond motifs is 5.